The second kappa shape index (κ2) is 6.90. The molecule has 1 heterocycles. The lowest BCUT2D eigenvalue weighted by molar-refractivity contribution is 0.316. The Labute approximate surface area is 95.3 Å². The van der Waals surface area contributed by atoms with Gasteiger partial charge in [-0.1, -0.05) is 5.16 Å². The molecule has 1 aromatic heterocycles. The number of aryl methyl sites for hydroxylation is 1. The highest BCUT2D eigenvalue weighted by molar-refractivity contribution is 5.79. The van der Waals surface area contributed by atoms with Gasteiger partial charge in [-0.2, -0.15) is 0 Å². The van der Waals surface area contributed by atoms with E-state index in [1.54, 1.807) is 0 Å². The third kappa shape index (κ3) is 4.84. The Kier molecular flexibility index (Phi) is 5.42. The first-order chi connectivity index (χ1) is 7.72. The molecule has 0 atom stereocenters. The second-order valence-corrected chi connectivity index (χ2v) is 3.74. The lowest BCUT2D eigenvalue weighted by Gasteiger charge is -2.02. The molecule has 0 aliphatic carbocycles. The van der Waals surface area contributed by atoms with Gasteiger partial charge in [0.1, 0.15) is 17.4 Å². The lowest BCUT2D eigenvalue weighted by atomic mass is 10.2. The number of nitrogens with one attached hydrogen (secondary N) is 1. The van der Waals surface area contributed by atoms with Crippen LogP contribution in [-0.4, -0.2) is 17.6 Å². The molecule has 16 heavy (non-hydrogen) atoms. The Morgan fingerprint density at radius 3 is 2.94 bits per heavy atom. The maximum absolute atomic E-state index is 8.32. The summed E-state index contributed by atoms with van der Waals surface area (Å²) in [5.41, 5.74) is 5.35. The number of unbranched alkanes of at least 4 members (excludes halogenated alkanes) is 1. The largest absolute Gasteiger partial charge is 0.465 e. The van der Waals surface area contributed by atoms with Crippen LogP contribution in [-0.2, 0) is 6.54 Å². The van der Waals surface area contributed by atoms with Crippen LogP contribution in [0.15, 0.2) is 21.7 Å². The van der Waals surface area contributed by atoms with E-state index in [-0.39, 0.29) is 0 Å². The summed E-state index contributed by atoms with van der Waals surface area (Å²) in [4.78, 5) is 0. The molecule has 0 radical (unpaired) electrons. The fourth-order valence-electron chi connectivity index (χ4n) is 1.40. The summed E-state index contributed by atoms with van der Waals surface area (Å²) in [5.74, 6) is 2.18. The van der Waals surface area contributed by atoms with E-state index < -0.39 is 0 Å². The first-order valence-electron chi connectivity index (χ1n) is 5.45. The van der Waals surface area contributed by atoms with Gasteiger partial charge in [0.05, 0.1) is 6.54 Å². The fourth-order valence-corrected chi connectivity index (χ4v) is 1.40. The average molecular weight is 225 g/mol. The van der Waals surface area contributed by atoms with Gasteiger partial charge in [-0.05, 0) is 38.4 Å². The number of hydrogen-bond donors (Lipinski definition) is 3. The monoisotopic (exact) mass is 225 g/mol. The van der Waals surface area contributed by atoms with Gasteiger partial charge < -0.3 is 20.7 Å². The van der Waals surface area contributed by atoms with Crippen molar-refractivity contribution in [1.82, 2.24) is 5.32 Å². The molecule has 0 bridgehead atoms. The zero-order chi connectivity index (χ0) is 11.8. The number of nitrogens with zero attached hydrogens (tertiary/aromatic N) is 1. The van der Waals surface area contributed by atoms with Gasteiger partial charge in [0.15, 0.2) is 0 Å². The molecule has 0 unspecified atom stereocenters. The molecular weight excluding hydrogens is 206 g/mol. The molecule has 0 aliphatic heterocycles. The number of hydrogen-bond acceptors (Lipinski definition) is 4. The lowest BCUT2D eigenvalue weighted by Crippen LogP contribution is -2.16. The summed E-state index contributed by atoms with van der Waals surface area (Å²) in [5, 5.41) is 14.5. The van der Waals surface area contributed by atoms with Crippen LogP contribution < -0.4 is 11.1 Å². The first-order valence-corrected chi connectivity index (χ1v) is 5.45. The predicted octanol–water partition coefficient (Wildman–Crippen LogP) is 1.59. The fraction of sp³-hybridized carbons (Fsp3) is 0.545. The van der Waals surface area contributed by atoms with Crippen molar-refractivity contribution in [2.45, 2.75) is 32.7 Å². The SMILES string of the molecule is Cc1ccc(CNCCCCC(N)=NO)o1. The van der Waals surface area contributed by atoms with Crippen LogP contribution in [0.5, 0.6) is 0 Å². The van der Waals surface area contributed by atoms with Crippen molar-refractivity contribution in [2.75, 3.05) is 6.54 Å². The van der Waals surface area contributed by atoms with Crippen LogP contribution in [0.3, 0.4) is 0 Å². The third-order valence-corrected chi connectivity index (χ3v) is 2.26. The van der Waals surface area contributed by atoms with E-state index in [4.69, 9.17) is 15.4 Å². The molecule has 5 nitrogen and oxygen atoms in total. The molecule has 4 N–H and O–H groups in total. The average Bonchev–Trinajstić information content (AvgIpc) is 2.69. The molecule has 90 valence electrons. The maximum Gasteiger partial charge on any atom is 0.139 e. The first kappa shape index (κ1) is 12.6. The van der Waals surface area contributed by atoms with E-state index in [0.29, 0.717) is 12.3 Å². The van der Waals surface area contributed by atoms with Crippen LogP contribution in [0.4, 0.5) is 0 Å². The number of oxime groups is 1. The highest BCUT2D eigenvalue weighted by atomic mass is 16.4. The number of rotatable bonds is 7. The van der Waals surface area contributed by atoms with Gasteiger partial charge in [-0.3, -0.25) is 0 Å². The molecule has 1 aromatic rings. The van der Waals surface area contributed by atoms with Gasteiger partial charge >= 0.3 is 0 Å². The van der Waals surface area contributed by atoms with Crippen molar-refractivity contribution in [3.63, 3.8) is 0 Å². The molecule has 0 saturated carbocycles. The molecule has 0 aromatic carbocycles. The van der Waals surface area contributed by atoms with Crippen LogP contribution in [0, 0.1) is 6.92 Å². The van der Waals surface area contributed by atoms with Gasteiger partial charge in [0.2, 0.25) is 0 Å². The van der Waals surface area contributed by atoms with Gasteiger partial charge in [-0.15, -0.1) is 0 Å². The maximum atomic E-state index is 8.32. The smallest absolute Gasteiger partial charge is 0.139 e. The quantitative estimate of drug-likeness (QED) is 0.216. The van der Waals surface area contributed by atoms with E-state index in [1.165, 1.54) is 0 Å². The standard InChI is InChI=1S/C11H19N3O2/c1-9-5-6-10(16-9)8-13-7-3-2-4-11(12)14-15/h5-6,13,15H,2-4,7-8H2,1H3,(H2,12,14). The summed E-state index contributed by atoms with van der Waals surface area (Å²) < 4.78 is 5.41. The number of nitrogens with two attached hydrogens (primary N) is 1. The Morgan fingerprint density at radius 1 is 1.50 bits per heavy atom. The molecule has 0 spiro atoms. The van der Waals surface area contributed by atoms with E-state index >= 15 is 0 Å². The molecule has 0 saturated heterocycles. The van der Waals surface area contributed by atoms with E-state index in [9.17, 15) is 0 Å². The Bertz CT molecular complexity index is 334. The number of furan rings is 1. The predicted molar refractivity (Wildman–Crippen MR) is 62.4 cm³/mol. The third-order valence-electron chi connectivity index (χ3n) is 2.26. The second-order valence-electron chi connectivity index (χ2n) is 3.74. The van der Waals surface area contributed by atoms with E-state index in [2.05, 4.69) is 10.5 Å². The Balaban J connectivity index is 2.00. The number of amidine groups is 1. The Morgan fingerprint density at radius 2 is 2.31 bits per heavy atom. The van der Waals surface area contributed by atoms with E-state index in [0.717, 1.165) is 37.5 Å². The molecule has 1 rings (SSSR count). The van der Waals surface area contributed by atoms with Gasteiger partial charge in [0, 0.05) is 6.42 Å². The summed E-state index contributed by atoms with van der Waals surface area (Å²) in [6.45, 7) is 3.58. The van der Waals surface area contributed by atoms with Crippen LogP contribution in [0.1, 0.15) is 30.8 Å². The minimum atomic E-state index is 0.293. The van der Waals surface area contributed by atoms with Crippen molar-refractivity contribution in [3.8, 4) is 0 Å². The van der Waals surface area contributed by atoms with E-state index in [1.807, 2.05) is 19.1 Å². The molecule has 0 aliphatic rings. The summed E-state index contributed by atoms with van der Waals surface area (Å²) >= 11 is 0. The normalized spacial score (nSPS) is 11.9. The van der Waals surface area contributed by atoms with Gasteiger partial charge in [-0.25, -0.2) is 0 Å². The van der Waals surface area contributed by atoms with Crippen LogP contribution in [0.25, 0.3) is 0 Å². The molecular formula is C11H19N3O2. The molecule has 5 heteroatoms. The summed E-state index contributed by atoms with van der Waals surface area (Å²) in [7, 11) is 0. The minimum absolute atomic E-state index is 0.293. The van der Waals surface area contributed by atoms with Gasteiger partial charge in [0.25, 0.3) is 0 Å². The van der Waals surface area contributed by atoms with Crippen molar-refractivity contribution < 1.29 is 9.62 Å². The topological polar surface area (TPSA) is 83.8 Å². The zero-order valence-electron chi connectivity index (χ0n) is 9.57. The van der Waals surface area contributed by atoms with Crippen molar-refractivity contribution in [3.05, 3.63) is 23.7 Å². The Hall–Kier alpha value is -1.49. The van der Waals surface area contributed by atoms with Crippen LogP contribution >= 0.6 is 0 Å². The van der Waals surface area contributed by atoms with Crippen LogP contribution in [0.2, 0.25) is 0 Å². The summed E-state index contributed by atoms with van der Waals surface area (Å²) in [6.07, 6.45) is 2.55. The molecule has 0 amide bonds. The molecule has 0 fully saturated rings. The van der Waals surface area contributed by atoms with Crippen molar-refractivity contribution >= 4 is 5.84 Å². The summed E-state index contributed by atoms with van der Waals surface area (Å²) in [6, 6.07) is 3.92. The van der Waals surface area contributed by atoms with Crippen molar-refractivity contribution in [1.29, 1.82) is 0 Å². The highest BCUT2D eigenvalue weighted by Gasteiger charge is 1.97. The van der Waals surface area contributed by atoms with Crippen molar-refractivity contribution in [2.24, 2.45) is 10.9 Å². The minimum Gasteiger partial charge on any atom is -0.465 e. The zero-order valence-corrected chi connectivity index (χ0v) is 9.57. The highest BCUT2D eigenvalue weighted by Crippen LogP contribution is 2.05.